The summed E-state index contributed by atoms with van der Waals surface area (Å²) in [6, 6.07) is 12.7. The molecule has 0 bridgehead atoms. The first-order valence-corrected chi connectivity index (χ1v) is 7.77. The molecule has 0 N–H and O–H groups in total. The lowest BCUT2D eigenvalue weighted by Gasteiger charge is -2.12. The van der Waals surface area contributed by atoms with Crippen LogP contribution in [-0.2, 0) is 0 Å². The summed E-state index contributed by atoms with van der Waals surface area (Å²) >= 11 is 0. The van der Waals surface area contributed by atoms with Crippen LogP contribution in [0, 0.1) is 25.2 Å². The summed E-state index contributed by atoms with van der Waals surface area (Å²) in [6.45, 7) is 3.58. The van der Waals surface area contributed by atoms with E-state index in [0.29, 0.717) is 28.0 Å². The summed E-state index contributed by atoms with van der Waals surface area (Å²) < 4.78 is 16.6. The molecule has 1 aromatic heterocycles. The van der Waals surface area contributed by atoms with Gasteiger partial charge in [-0.15, -0.1) is 0 Å². The zero-order valence-electron chi connectivity index (χ0n) is 14.3. The average molecular weight is 335 g/mol. The Morgan fingerprint density at radius 2 is 1.88 bits per heavy atom. The van der Waals surface area contributed by atoms with Crippen molar-refractivity contribution in [2.45, 2.75) is 13.8 Å². The largest absolute Gasteiger partial charge is 0.497 e. The fourth-order valence-corrected chi connectivity index (χ4v) is 2.80. The van der Waals surface area contributed by atoms with Crippen LogP contribution in [0.25, 0.3) is 22.3 Å². The van der Waals surface area contributed by atoms with E-state index in [0.717, 1.165) is 11.1 Å². The summed E-state index contributed by atoms with van der Waals surface area (Å²) in [5.41, 5.74) is 2.74. The molecule has 3 rings (SSSR count). The third-order valence-corrected chi connectivity index (χ3v) is 3.91. The maximum Gasteiger partial charge on any atom is 0.235 e. The van der Waals surface area contributed by atoms with E-state index in [1.54, 1.807) is 37.4 Å². The third kappa shape index (κ3) is 3.07. The number of ether oxygens (including phenoxy) is 2. The Morgan fingerprint density at radius 3 is 2.52 bits per heavy atom. The van der Waals surface area contributed by atoms with Crippen LogP contribution in [0.2, 0.25) is 0 Å². The molecule has 0 saturated carbocycles. The molecule has 25 heavy (non-hydrogen) atoms. The molecule has 0 spiro atoms. The van der Waals surface area contributed by atoms with Crippen molar-refractivity contribution in [2.75, 3.05) is 13.7 Å². The molecular formula is C20H17NO4. The van der Waals surface area contributed by atoms with E-state index in [-0.39, 0.29) is 17.8 Å². The Hall–Kier alpha value is -3.26. The van der Waals surface area contributed by atoms with E-state index < -0.39 is 0 Å². The van der Waals surface area contributed by atoms with Gasteiger partial charge < -0.3 is 13.9 Å². The number of fused-ring (bicyclic) bond motifs is 1. The van der Waals surface area contributed by atoms with Crippen molar-refractivity contribution >= 4 is 11.0 Å². The first kappa shape index (κ1) is 16.6. The van der Waals surface area contributed by atoms with Gasteiger partial charge in [0.1, 0.15) is 17.4 Å². The smallest absolute Gasteiger partial charge is 0.235 e. The molecule has 0 aliphatic heterocycles. The highest BCUT2D eigenvalue weighted by Gasteiger charge is 2.19. The predicted octanol–water partition coefficient (Wildman–Crippen LogP) is 3.99. The zero-order chi connectivity index (χ0) is 18.0. The fourth-order valence-electron chi connectivity index (χ4n) is 2.80. The number of rotatable bonds is 4. The van der Waals surface area contributed by atoms with Gasteiger partial charge in [-0.1, -0.05) is 6.07 Å². The van der Waals surface area contributed by atoms with E-state index in [1.165, 1.54) is 0 Å². The zero-order valence-corrected chi connectivity index (χ0v) is 14.3. The summed E-state index contributed by atoms with van der Waals surface area (Å²) in [4.78, 5) is 12.9. The maximum atomic E-state index is 12.9. The van der Waals surface area contributed by atoms with Crippen molar-refractivity contribution in [3.63, 3.8) is 0 Å². The highest BCUT2D eigenvalue weighted by molar-refractivity contribution is 5.85. The molecule has 0 aliphatic rings. The molecule has 0 radical (unpaired) electrons. The second-order valence-corrected chi connectivity index (χ2v) is 5.72. The molecule has 2 aromatic carbocycles. The number of aryl methyl sites for hydroxylation is 2. The number of methoxy groups -OCH3 is 1. The fraction of sp³-hybridized carbons (Fsp3) is 0.200. The molecule has 0 aliphatic carbocycles. The van der Waals surface area contributed by atoms with Crippen LogP contribution >= 0.6 is 0 Å². The standard InChI is InChI=1S/C20H17NO4/c1-12-10-13(2)18-16(11-12)17(22)20(24-9-8-21)19(25-18)14-4-6-15(23-3)7-5-14/h4-7,10-11H,9H2,1-3H3. The Bertz CT molecular complexity index is 1030. The molecular weight excluding hydrogens is 318 g/mol. The first-order valence-electron chi connectivity index (χ1n) is 7.77. The topological polar surface area (TPSA) is 72.5 Å². The average Bonchev–Trinajstić information content (AvgIpc) is 2.61. The Balaban J connectivity index is 2.31. The quantitative estimate of drug-likeness (QED) is 0.721. The van der Waals surface area contributed by atoms with Crippen LogP contribution in [0.3, 0.4) is 0 Å². The maximum absolute atomic E-state index is 12.9. The Labute approximate surface area is 145 Å². The van der Waals surface area contributed by atoms with Gasteiger partial charge >= 0.3 is 0 Å². The second kappa shape index (κ2) is 6.70. The van der Waals surface area contributed by atoms with Crippen molar-refractivity contribution in [1.82, 2.24) is 0 Å². The predicted molar refractivity (Wildman–Crippen MR) is 95.1 cm³/mol. The van der Waals surface area contributed by atoms with Crippen molar-refractivity contribution in [3.8, 4) is 28.9 Å². The van der Waals surface area contributed by atoms with Gasteiger partial charge in [0.05, 0.1) is 12.5 Å². The summed E-state index contributed by atoms with van der Waals surface area (Å²) in [5, 5.41) is 9.27. The van der Waals surface area contributed by atoms with Gasteiger partial charge in [-0.05, 0) is 55.3 Å². The summed E-state index contributed by atoms with van der Waals surface area (Å²) in [7, 11) is 1.58. The molecule has 0 amide bonds. The van der Waals surface area contributed by atoms with E-state index in [2.05, 4.69) is 0 Å². The van der Waals surface area contributed by atoms with E-state index in [9.17, 15) is 4.79 Å². The molecule has 3 aromatic rings. The number of nitrogens with zero attached hydrogens (tertiary/aromatic N) is 1. The first-order chi connectivity index (χ1) is 12.0. The van der Waals surface area contributed by atoms with Gasteiger partial charge in [-0.25, -0.2) is 0 Å². The minimum Gasteiger partial charge on any atom is -0.497 e. The highest BCUT2D eigenvalue weighted by atomic mass is 16.5. The lowest BCUT2D eigenvalue weighted by atomic mass is 10.1. The van der Waals surface area contributed by atoms with Gasteiger partial charge in [0.15, 0.2) is 12.4 Å². The monoisotopic (exact) mass is 335 g/mol. The Morgan fingerprint density at radius 1 is 1.16 bits per heavy atom. The van der Waals surface area contributed by atoms with Crippen LogP contribution in [0.4, 0.5) is 0 Å². The van der Waals surface area contributed by atoms with Crippen molar-refractivity contribution in [3.05, 3.63) is 57.7 Å². The molecule has 0 saturated heterocycles. The molecule has 0 atom stereocenters. The lowest BCUT2D eigenvalue weighted by molar-refractivity contribution is 0.356. The highest BCUT2D eigenvalue weighted by Crippen LogP contribution is 2.33. The normalized spacial score (nSPS) is 10.5. The van der Waals surface area contributed by atoms with Crippen molar-refractivity contribution < 1.29 is 13.9 Å². The minimum absolute atomic E-state index is 0.0456. The van der Waals surface area contributed by atoms with Crippen molar-refractivity contribution in [1.29, 1.82) is 5.26 Å². The SMILES string of the molecule is COc1ccc(-c2oc3c(C)cc(C)cc3c(=O)c2OCC#N)cc1. The van der Waals surface area contributed by atoms with Crippen molar-refractivity contribution in [2.24, 2.45) is 0 Å². The molecule has 126 valence electrons. The number of nitriles is 1. The molecule has 5 heteroatoms. The number of hydrogen-bond acceptors (Lipinski definition) is 5. The van der Waals surface area contributed by atoms with Crippen LogP contribution in [0.1, 0.15) is 11.1 Å². The third-order valence-electron chi connectivity index (χ3n) is 3.91. The summed E-state index contributed by atoms with van der Waals surface area (Å²) in [5.74, 6) is 1.05. The second-order valence-electron chi connectivity index (χ2n) is 5.72. The lowest BCUT2D eigenvalue weighted by Crippen LogP contribution is -2.11. The molecule has 0 fully saturated rings. The Kier molecular flexibility index (Phi) is 4.44. The van der Waals surface area contributed by atoms with Crippen LogP contribution in [0.15, 0.2) is 45.6 Å². The minimum atomic E-state index is -0.283. The molecule has 1 heterocycles. The number of benzene rings is 2. The number of hydrogen-bond donors (Lipinski definition) is 0. The molecule has 5 nitrogen and oxygen atoms in total. The van der Waals surface area contributed by atoms with Crippen LogP contribution < -0.4 is 14.9 Å². The van der Waals surface area contributed by atoms with Crippen LogP contribution in [-0.4, -0.2) is 13.7 Å². The molecule has 0 unspecified atom stereocenters. The van der Waals surface area contributed by atoms with Gasteiger partial charge in [0, 0.05) is 5.56 Å². The van der Waals surface area contributed by atoms with E-state index in [1.807, 2.05) is 26.0 Å². The summed E-state index contributed by atoms with van der Waals surface area (Å²) in [6.07, 6.45) is 0. The van der Waals surface area contributed by atoms with Gasteiger partial charge in [0.25, 0.3) is 0 Å². The van der Waals surface area contributed by atoms with Gasteiger partial charge in [-0.3, -0.25) is 4.79 Å². The van der Waals surface area contributed by atoms with Gasteiger partial charge in [-0.2, -0.15) is 5.26 Å². The van der Waals surface area contributed by atoms with Crippen LogP contribution in [0.5, 0.6) is 11.5 Å². The van der Waals surface area contributed by atoms with E-state index >= 15 is 0 Å². The van der Waals surface area contributed by atoms with E-state index in [4.69, 9.17) is 19.2 Å². The van der Waals surface area contributed by atoms with Gasteiger partial charge in [0.2, 0.25) is 11.2 Å².